The Hall–Kier alpha value is -0.160. The third-order valence-electron chi connectivity index (χ3n) is 2.39. The average Bonchev–Trinajstić information content (AvgIpc) is 2.88. The van der Waals surface area contributed by atoms with E-state index in [0.29, 0.717) is 13.2 Å². The summed E-state index contributed by atoms with van der Waals surface area (Å²) in [6.45, 7) is 3.10. The van der Waals surface area contributed by atoms with Crippen molar-refractivity contribution in [2.75, 3.05) is 40.4 Å². The van der Waals surface area contributed by atoms with Crippen LogP contribution in [-0.2, 0) is 4.74 Å². The molecule has 0 bridgehead atoms. The van der Waals surface area contributed by atoms with Gasteiger partial charge in [-0.2, -0.15) is 0 Å². The van der Waals surface area contributed by atoms with Crippen molar-refractivity contribution in [3.63, 3.8) is 0 Å². The van der Waals surface area contributed by atoms with E-state index < -0.39 is 0 Å². The van der Waals surface area contributed by atoms with Crippen LogP contribution >= 0.6 is 0 Å². The summed E-state index contributed by atoms with van der Waals surface area (Å²) < 4.78 is 4.86. The van der Waals surface area contributed by atoms with Crippen LogP contribution in [0.2, 0.25) is 0 Å². The Labute approximate surface area is 86.2 Å². The molecular formula is C10H22N2O2. The zero-order chi connectivity index (χ0) is 10.4. The van der Waals surface area contributed by atoms with E-state index >= 15 is 0 Å². The molecule has 0 aliphatic heterocycles. The topological polar surface area (TPSA) is 44.7 Å². The number of likely N-dealkylation sites (N-methyl/N-ethyl adjacent to an activating group) is 1. The molecule has 1 fully saturated rings. The molecule has 0 saturated heterocycles. The lowest BCUT2D eigenvalue weighted by molar-refractivity contribution is 0.0435. The van der Waals surface area contributed by atoms with Gasteiger partial charge in [0.2, 0.25) is 0 Å². The molecule has 84 valence electrons. The summed E-state index contributed by atoms with van der Waals surface area (Å²) in [7, 11) is 3.63. The largest absolute Gasteiger partial charge is 0.389 e. The van der Waals surface area contributed by atoms with Crippen LogP contribution in [0.15, 0.2) is 0 Å². The van der Waals surface area contributed by atoms with Crippen LogP contribution in [0.3, 0.4) is 0 Å². The second-order valence-corrected chi connectivity index (χ2v) is 4.10. The van der Waals surface area contributed by atoms with Crippen LogP contribution in [-0.4, -0.2) is 62.6 Å². The molecular weight excluding hydrogens is 180 g/mol. The first-order valence-electron chi connectivity index (χ1n) is 5.31. The molecule has 1 aliphatic rings. The van der Waals surface area contributed by atoms with E-state index in [1.54, 1.807) is 7.11 Å². The van der Waals surface area contributed by atoms with Crippen molar-refractivity contribution in [2.24, 2.45) is 0 Å². The highest BCUT2D eigenvalue weighted by Crippen LogP contribution is 2.17. The quantitative estimate of drug-likeness (QED) is 0.566. The molecule has 0 heterocycles. The first-order valence-corrected chi connectivity index (χ1v) is 5.31. The number of hydrogen-bond acceptors (Lipinski definition) is 4. The van der Waals surface area contributed by atoms with E-state index in [4.69, 9.17) is 4.74 Å². The number of hydrogen-bond donors (Lipinski definition) is 2. The minimum Gasteiger partial charge on any atom is -0.389 e. The summed E-state index contributed by atoms with van der Waals surface area (Å²) in [5.41, 5.74) is 0. The fourth-order valence-electron chi connectivity index (χ4n) is 1.44. The Kier molecular flexibility index (Phi) is 5.40. The summed E-state index contributed by atoms with van der Waals surface area (Å²) in [5.74, 6) is 0. The van der Waals surface area contributed by atoms with Gasteiger partial charge in [0.05, 0.1) is 12.7 Å². The minimum atomic E-state index is -0.370. The predicted molar refractivity (Wildman–Crippen MR) is 56.4 cm³/mol. The van der Waals surface area contributed by atoms with Gasteiger partial charge in [-0.05, 0) is 19.9 Å². The average molecular weight is 202 g/mol. The predicted octanol–water partition coefficient (Wildman–Crippen LogP) is -0.322. The van der Waals surface area contributed by atoms with Crippen LogP contribution < -0.4 is 5.32 Å². The molecule has 4 nitrogen and oxygen atoms in total. The van der Waals surface area contributed by atoms with Crippen molar-refractivity contribution in [1.82, 2.24) is 10.2 Å². The molecule has 0 aromatic carbocycles. The molecule has 0 aromatic heterocycles. The molecule has 1 aliphatic carbocycles. The molecule has 1 atom stereocenters. The Bertz CT molecular complexity index is 151. The van der Waals surface area contributed by atoms with Crippen molar-refractivity contribution < 1.29 is 9.84 Å². The summed E-state index contributed by atoms with van der Waals surface area (Å²) in [6.07, 6.45) is 2.29. The molecule has 4 heteroatoms. The molecule has 0 aromatic rings. The summed E-state index contributed by atoms with van der Waals surface area (Å²) in [6, 6.07) is 0.771. The molecule has 14 heavy (non-hydrogen) atoms. The van der Waals surface area contributed by atoms with E-state index in [1.807, 2.05) is 7.05 Å². The molecule has 1 saturated carbocycles. The normalized spacial score (nSPS) is 18.9. The lowest BCUT2D eigenvalue weighted by Gasteiger charge is -2.20. The Morgan fingerprint density at radius 2 is 2.29 bits per heavy atom. The van der Waals surface area contributed by atoms with Crippen molar-refractivity contribution in [2.45, 2.75) is 25.0 Å². The highest BCUT2D eigenvalue weighted by molar-refractivity contribution is 4.80. The van der Waals surface area contributed by atoms with Crippen molar-refractivity contribution in [3.8, 4) is 0 Å². The van der Waals surface area contributed by atoms with Crippen molar-refractivity contribution >= 4 is 0 Å². The van der Waals surface area contributed by atoms with Gasteiger partial charge in [0.1, 0.15) is 0 Å². The van der Waals surface area contributed by atoms with Gasteiger partial charge < -0.3 is 20.1 Å². The maximum Gasteiger partial charge on any atom is 0.0899 e. The highest BCUT2D eigenvalue weighted by atomic mass is 16.5. The van der Waals surface area contributed by atoms with Gasteiger partial charge in [0, 0.05) is 32.8 Å². The number of ether oxygens (including phenoxy) is 1. The Balaban J connectivity index is 1.93. The third-order valence-corrected chi connectivity index (χ3v) is 2.39. The van der Waals surface area contributed by atoms with E-state index in [0.717, 1.165) is 19.1 Å². The lowest BCUT2D eigenvalue weighted by Crippen LogP contribution is -2.36. The fraction of sp³-hybridized carbons (Fsp3) is 1.00. The number of rotatable bonds is 8. The van der Waals surface area contributed by atoms with E-state index in [-0.39, 0.29) is 6.10 Å². The second-order valence-electron chi connectivity index (χ2n) is 4.10. The summed E-state index contributed by atoms with van der Waals surface area (Å²) >= 11 is 0. The number of aliphatic hydroxyl groups excluding tert-OH is 1. The molecule has 2 N–H and O–H groups in total. The molecule has 0 radical (unpaired) electrons. The molecule has 0 spiro atoms. The first kappa shape index (κ1) is 11.9. The molecule has 1 rings (SSSR count). The number of methoxy groups -OCH3 is 1. The fourth-order valence-corrected chi connectivity index (χ4v) is 1.44. The second kappa shape index (κ2) is 6.35. The maximum absolute atomic E-state index is 9.45. The van der Waals surface area contributed by atoms with Gasteiger partial charge >= 0.3 is 0 Å². The number of nitrogens with one attached hydrogen (secondary N) is 1. The number of aliphatic hydroxyl groups is 1. The Morgan fingerprint density at radius 3 is 2.86 bits per heavy atom. The number of nitrogens with zero attached hydrogens (tertiary/aromatic N) is 1. The van der Waals surface area contributed by atoms with Crippen molar-refractivity contribution in [3.05, 3.63) is 0 Å². The van der Waals surface area contributed by atoms with Gasteiger partial charge in [-0.25, -0.2) is 0 Å². The zero-order valence-corrected chi connectivity index (χ0v) is 9.20. The van der Waals surface area contributed by atoms with E-state index in [1.165, 1.54) is 12.8 Å². The highest BCUT2D eigenvalue weighted by Gasteiger charge is 2.19. The first-order chi connectivity index (χ1) is 6.72. The molecule has 1 unspecified atom stereocenters. The van der Waals surface area contributed by atoms with Crippen LogP contribution in [0, 0.1) is 0 Å². The van der Waals surface area contributed by atoms with Crippen LogP contribution in [0.1, 0.15) is 12.8 Å². The lowest BCUT2D eigenvalue weighted by atomic mass is 10.3. The standard InChI is InChI=1S/C10H22N2O2/c1-12(7-10(13)8-14-2)6-5-11-9-3-4-9/h9-11,13H,3-8H2,1-2H3. The minimum absolute atomic E-state index is 0.370. The van der Waals surface area contributed by atoms with Crippen LogP contribution in [0.25, 0.3) is 0 Å². The van der Waals surface area contributed by atoms with E-state index in [2.05, 4.69) is 10.2 Å². The van der Waals surface area contributed by atoms with Gasteiger partial charge in [-0.1, -0.05) is 0 Å². The van der Waals surface area contributed by atoms with Crippen LogP contribution in [0.5, 0.6) is 0 Å². The van der Waals surface area contributed by atoms with Gasteiger partial charge in [-0.3, -0.25) is 0 Å². The maximum atomic E-state index is 9.45. The monoisotopic (exact) mass is 202 g/mol. The summed E-state index contributed by atoms with van der Waals surface area (Å²) in [4.78, 5) is 2.12. The SMILES string of the molecule is COCC(O)CN(C)CCNC1CC1. The van der Waals surface area contributed by atoms with Gasteiger partial charge in [0.25, 0.3) is 0 Å². The van der Waals surface area contributed by atoms with E-state index in [9.17, 15) is 5.11 Å². The third kappa shape index (κ3) is 5.54. The smallest absolute Gasteiger partial charge is 0.0899 e. The van der Waals surface area contributed by atoms with Gasteiger partial charge in [-0.15, -0.1) is 0 Å². The molecule has 0 amide bonds. The zero-order valence-electron chi connectivity index (χ0n) is 9.20. The Morgan fingerprint density at radius 1 is 1.57 bits per heavy atom. The summed E-state index contributed by atoms with van der Waals surface area (Å²) in [5, 5.41) is 12.9. The van der Waals surface area contributed by atoms with Crippen molar-refractivity contribution in [1.29, 1.82) is 0 Å². The van der Waals surface area contributed by atoms with Crippen LogP contribution in [0.4, 0.5) is 0 Å². The van der Waals surface area contributed by atoms with Gasteiger partial charge in [0.15, 0.2) is 0 Å².